The lowest BCUT2D eigenvalue weighted by atomic mass is 9.86. The molecule has 1 N–H and O–H groups in total. The Bertz CT molecular complexity index is 768. The maximum Gasteiger partial charge on any atom is 0.274 e. The molecular weight excluding hydrogens is 356 g/mol. The summed E-state index contributed by atoms with van der Waals surface area (Å²) in [6.07, 6.45) is 8.02. The molecule has 2 fully saturated rings. The van der Waals surface area contributed by atoms with Gasteiger partial charge in [-0.05, 0) is 38.3 Å². The highest BCUT2D eigenvalue weighted by atomic mass is 16.3. The second-order valence-corrected chi connectivity index (χ2v) is 8.03. The van der Waals surface area contributed by atoms with Crippen LogP contribution in [0, 0.1) is 5.92 Å². The number of aromatic nitrogens is 3. The van der Waals surface area contributed by atoms with E-state index < -0.39 is 0 Å². The van der Waals surface area contributed by atoms with E-state index in [2.05, 4.69) is 26.8 Å². The first-order valence-corrected chi connectivity index (χ1v) is 10.3. The smallest absolute Gasteiger partial charge is 0.274 e. The third kappa shape index (κ3) is 4.04. The molecule has 1 amide bonds. The molecule has 28 heavy (non-hydrogen) atoms. The van der Waals surface area contributed by atoms with E-state index in [0.29, 0.717) is 23.4 Å². The van der Waals surface area contributed by atoms with Crippen molar-refractivity contribution in [2.45, 2.75) is 25.3 Å². The van der Waals surface area contributed by atoms with E-state index in [1.54, 1.807) is 16.8 Å². The van der Waals surface area contributed by atoms with Crippen LogP contribution in [-0.4, -0.2) is 99.0 Å². The van der Waals surface area contributed by atoms with E-state index in [1.807, 2.05) is 17.2 Å². The van der Waals surface area contributed by atoms with Crippen LogP contribution in [0.15, 0.2) is 24.7 Å². The van der Waals surface area contributed by atoms with Gasteiger partial charge in [-0.1, -0.05) is 0 Å². The first-order valence-electron chi connectivity index (χ1n) is 10.3. The van der Waals surface area contributed by atoms with Crippen molar-refractivity contribution in [3.8, 4) is 0 Å². The van der Waals surface area contributed by atoms with Crippen molar-refractivity contribution < 1.29 is 9.90 Å². The number of carbonyl (C=O) groups is 1. The fourth-order valence-corrected chi connectivity index (χ4v) is 4.57. The lowest BCUT2D eigenvalue weighted by Gasteiger charge is -2.46. The van der Waals surface area contributed by atoms with Gasteiger partial charge in [0.2, 0.25) is 5.78 Å². The van der Waals surface area contributed by atoms with Crippen LogP contribution in [-0.2, 0) is 0 Å². The first-order chi connectivity index (χ1) is 13.7. The van der Waals surface area contributed by atoms with Gasteiger partial charge in [-0.2, -0.15) is 0 Å². The summed E-state index contributed by atoms with van der Waals surface area (Å²) in [5.41, 5.74) is 0.456. The Balaban J connectivity index is 1.46. The average molecular weight is 387 g/mol. The van der Waals surface area contributed by atoms with Crippen LogP contribution in [0.1, 0.15) is 29.8 Å². The molecule has 8 heteroatoms. The Kier molecular flexibility index (Phi) is 5.89. The van der Waals surface area contributed by atoms with Gasteiger partial charge in [0.25, 0.3) is 5.91 Å². The highest BCUT2D eigenvalue weighted by Crippen LogP contribution is 2.28. The monoisotopic (exact) mass is 386 g/mol. The number of aliphatic hydroxyl groups excluding tert-OH is 1. The van der Waals surface area contributed by atoms with Crippen LogP contribution in [0.2, 0.25) is 0 Å². The molecule has 2 saturated heterocycles. The number of hydrogen-bond donors (Lipinski definition) is 1. The van der Waals surface area contributed by atoms with E-state index in [-0.39, 0.29) is 12.5 Å². The summed E-state index contributed by atoms with van der Waals surface area (Å²) in [7, 11) is 2.17. The fourth-order valence-electron chi connectivity index (χ4n) is 4.57. The fraction of sp³-hybridized carbons (Fsp3) is 0.650. The van der Waals surface area contributed by atoms with Crippen molar-refractivity contribution in [1.82, 2.24) is 29.1 Å². The van der Waals surface area contributed by atoms with Crippen LogP contribution in [0.5, 0.6) is 0 Å². The number of piperazine rings is 1. The predicted molar refractivity (Wildman–Crippen MR) is 106 cm³/mol. The molecule has 0 bridgehead atoms. The van der Waals surface area contributed by atoms with E-state index in [1.165, 1.54) is 0 Å². The van der Waals surface area contributed by atoms with Gasteiger partial charge in [-0.25, -0.2) is 9.97 Å². The standard InChI is InChI=1S/C20H30N6O2/c1-23-9-11-24(12-10-23)18-5-8-25(14-16(18)4-2-13-27)19(28)17-15-26-7-3-6-21-20(26)22-17/h3,6-7,15-16,18,27H,2,4-5,8-14H2,1H3/t16-,18+/m0/s1. The molecule has 2 aromatic heterocycles. The molecule has 0 aromatic carbocycles. The summed E-state index contributed by atoms with van der Waals surface area (Å²) >= 11 is 0. The van der Waals surface area contributed by atoms with Crippen molar-refractivity contribution in [2.24, 2.45) is 5.92 Å². The van der Waals surface area contributed by atoms with Crippen LogP contribution < -0.4 is 0 Å². The molecule has 4 heterocycles. The van der Waals surface area contributed by atoms with Crippen LogP contribution >= 0.6 is 0 Å². The highest BCUT2D eigenvalue weighted by molar-refractivity contribution is 5.92. The van der Waals surface area contributed by atoms with Crippen molar-refractivity contribution >= 4 is 11.7 Å². The summed E-state index contributed by atoms with van der Waals surface area (Å²) in [5, 5.41) is 9.34. The summed E-state index contributed by atoms with van der Waals surface area (Å²) in [6, 6.07) is 2.32. The summed E-state index contributed by atoms with van der Waals surface area (Å²) in [6.45, 7) is 6.06. The Hall–Kier alpha value is -2.03. The quantitative estimate of drug-likeness (QED) is 0.810. The topological polar surface area (TPSA) is 77.2 Å². The van der Waals surface area contributed by atoms with Gasteiger partial charge in [0, 0.05) is 70.5 Å². The SMILES string of the molecule is CN1CCN([C@@H]2CCN(C(=O)c3cn4cccnc4n3)C[C@@H]2CCCO)CC1. The van der Waals surface area contributed by atoms with Crippen molar-refractivity contribution in [3.63, 3.8) is 0 Å². The largest absolute Gasteiger partial charge is 0.396 e. The van der Waals surface area contributed by atoms with Crippen LogP contribution in [0.4, 0.5) is 0 Å². The number of likely N-dealkylation sites (tertiary alicyclic amines) is 1. The number of likely N-dealkylation sites (N-methyl/N-ethyl adjacent to an activating group) is 1. The molecule has 0 aliphatic carbocycles. The minimum atomic E-state index is -0.0173. The lowest BCUT2D eigenvalue weighted by Crippen LogP contribution is -2.57. The zero-order valence-electron chi connectivity index (χ0n) is 16.6. The number of imidazole rings is 1. The second-order valence-electron chi connectivity index (χ2n) is 8.03. The first kappa shape index (κ1) is 19.3. The zero-order valence-corrected chi connectivity index (χ0v) is 16.6. The van der Waals surface area contributed by atoms with Crippen molar-refractivity contribution in [2.75, 3.05) is 52.9 Å². The molecule has 0 radical (unpaired) electrons. The van der Waals surface area contributed by atoms with Gasteiger partial charge in [0.05, 0.1) is 0 Å². The molecule has 0 saturated carbocycles. The minimum Gasteiger partial charge on any atom is -0.396 e. The molecule has 152 valence electrons. The molecule has 0 unspecified atom stereocenters. The molecule has 4 rings (SSSR count). The number of rotatable bonds is 5. The number of fused-ring (bicyclic) bond motifs is 1. The van der Waals surface area contributed by atoms with E-state index in [0.717, 1.165) is 58.5 Å². The number of piperidine rings is 1. The van der Waals surface area contributed by atoms with Crippen molar-refractivity contribution in [3.05, 3.63) is 30.4 Å². The Labute approximate surface area is 165 Å². The Morgan fingerprint density at radius 2 is 2.07 bits per heavy atom. The summed E-state index contributed by atoms with van der Waals surface area (Å²) < 4.78 is 1.79. The number of aliphatic hydroxyl groups is 1. The summed E-state index contributed by atoms with van der Waals surface area (Å²) in [4.78, 5) is 28.6. The minimum absolute atomic E-state index is 0.0173. The number of nitrogens with zero attached hydrogens (tertiary/aromatic N) is 6. The maximum absolute atomic E-state index is 13.1. The molecule has 2 aliphatic heterocycles. The third-order valence-corrected chi connectivity index (χ3v) is 6.18. The molecular formula is C20H30N6O2. The molecule has 2 aromatic rings. The molecule has 8 nitrogen and oxygen atoms in total. The van der Waals surface area contributed by atoms with Gasteiger partial charge in [0.15, 0.2) is 0 Å². The van der Waals surface area contributed by atoms with Crippen LogP contribution in [0.3, 0.4) is 0 Å². The van der Waals surface area contributed by atoms with E-state index in [9.17, 15) is 9.90 Å². The lowest BCUT2D eigenvalue weighted by molar-refractivity contribution is 0.0215. The Morgan fingerprint density at radius 1 is 1.25 bits per heavy atom. The van der Waals surface area contributed by atoms with Crippen LogP contribution in [0.25, 0.3) is 5.78 Å². The molecule has 2 aliphatic rings. The normalized spacial score (nSPS) is 24.7. The number of hydrogen-bond acceptors (Lipinski definition) is 6. The number of amides is 1. The van der Waals surface area contributed by atoms with Gasteiger partial charge < -0.3 is 14.9 Å². The summed E-state index contributed by atoms with van der Waals surface area (Å²) in [5.74, 6) is 0.926. The van der Waals surface area contributed by atoms with E-state index in [4.69, 9.17) is 0 Å². The average Bonchev–Trinajstić information content (AvgIpc) is 3.16. The third-order valence-electron chi connectivity index (χ3n) is 6.18. The zero-order chi connectivity index (χ0) is 19.5. The van der Waals surface area contributed by atoms with Gasteiger partial charge >= 0.3 is 0 Å². The second kappa shape index (κ2) is 8.55. The maximum atomic E-state index is 13.1. The highest BCUT2D eigenvalue weighted by Gasteiger charge is 2.36. The molecule has 0 spiro atoms. The molecule has 2 atom stereocenters. The number of carbonyl (C=O) groups excluding carboxylic acids is 1. The Morgan fingerprint density at radius 3 is 2.82 bits per heavy atom. The van der Waals surface area contributed by atoms with E-state index >= 15 is 0 Å². The van der Waals surface area contributed by atoms with Gasteiger partial charge in [0.1, 0.15) is 5.69 Å². The predicted octanol–water partition coefficient (Wildman–Crippen LogP) is 0.580. The van der Waals surface area contributed by atoms with Gasteiger partial charge in [-0.3, -0.25) is 14.1 Å². The van der Waals surface area contributed by atoms with Crippen molar-refractivity contribution in [1.29, 1.82) is 0 Å². The van der Waals surface area contributed by atoms with Gasteiger partial charge in [-0.15, -0.1) is 0 Å².